The third-order valence-corrected chi connectivity index (χ3v) is 5.07. The van der Waals surface area contributed by atoms with Gasteiger partial charge in [0.05, 0.1) is 0 Å². The summed E-state index contributed by atoms with van der Waals surface area (Å²) in [7, 11) is 0. The molecule has 1 aliphatic rings. The highest BCUT2D eigenvalue weighted by Crippen LogP contribution is 2.29. The molecule has 0 N–H and O–H groups in total. The molecule has 1 aromatic carbocycles. The molecule has 2 heteroatoms. The van der Waals surface area contributed by atoms with Gasteiger partial charge in [-0.1, -0.05) is 36.4 Å². The molecule has 2 rings (SSSR count). The Hall–Kier alpha value is -0.340. The van der Waals surface area contributed by atoms with Crippen LogP contribution in [0.3, 0.4) is 0 Å². The predicted molar refractivity (Wildman–Crippen MR) is 78.1 cm³/mol. The summed E-state index contributed by atoms with van der Waals surface area (Å²) < 4.78 is 0. The molecule has 0 aliphatic carbocycles. The van der Waals surface area contributed by atoms with Crippen molar-refractivity contribution in [2.24, 2.45) is 0 Å². The number of allylic oxidation sites excluding steroid dienone is 1. The van der Waals surface area contributed by atoms with Crippen LogP contribution in [-0.4, -0.2) is 17.3 Å². The molecule has 0 fully saturated rings. The Kier molecular flexibility index (Phi) is 5.36. The second-order valence-electron chi connectivity index (χ2n) is 3.89. The van der Waals surface area contributed by atoms with E-state index in [9.17, 15) is 0 Å². The molecule has 1 heterocycles. The van der Waals surface area contributed by atoms with Crippen molar-refractivity contribution in [3.8, 4) is 0 Å². The van der Waals surface area contributed by atoms with Crippen LogP contribution in [0.4, 0.5) is 0 Å². The molecule has 86 valence electrons. The van der Waals surface area contributed by atoms with Crippen LogP contribution in [0, 0.1) is 0 Å². The molecule has 0 amide bonds. The third-order valence-electron chi connectivity index (χ3n) is 2.62. The van der Waals surface area contributed by atoms with Gasteiger partial charge in [-0.3, -0.25) is 0 Å². The van der Waals surface area contributed by atoms with Gasteiger partial charge in [-0.05, 0) is 30.6 Å². The van der Waals surface area contributed by atoms with Crippen molar-refractivity contribution in [2.45, 2.75) is 19.3 Å². The highest BCUT2D eigenvalue weighted by atomic mass is 32.2. The number of hydrogen-bond donors (Lipinski definition) is 0. The Bertz CT molecular complexity index is 330. The van der Waals surface area contributed by atoms with Crippen LogP contribution in [0.5, 0.6) is 0 Å². The van der Waals surface area contributed by atoms with Crippen LogP contribution >= 0.6 is 23.5 Å². The van der Waals surface area contributed by atoms with E-state index in [4.69, 9.17) is 0 Å². The molecule has 0 spiro atoms. The minimum absolute atomic E-state index is 1.23. The zero-order valence-corrected chi connectivity index (χ0v) is 11.2. The Balaban J connectivity index is 2.07. The maximum absolute atomic E-state index is 2.43. The number of thioether (sulfide) groups is 2. The Morgan fingerprint density at radius 1 is 0.875 bits per heavy atom. The van der Waals surface area contributed by atoms with Gasteiger partial charge in [0.2, 0.25) is 0 Å². The molecular formula is C14H18S2. The van der Waals surface area contributed by atoms with E-state index in [1.807, 2.05) is 11.8 Å². The van der Waals surface area contributed by atoms with Crippen LogP contribution < -0.4 is 0 Å². The van der Waals surface area contributed by atoms with Gasteiger partial charge >= 0.3 is 0 Å². The molecule has 1 aliphatic heterocycles. The maximum Gasteiger partial charge on any atom is 0.0105 e. The third kappa shape index (κ3) is 3.91. The van der Waals surface area contributed by atoms with Crippen molar-refractivity contribution in [3.05, 3.63) is 42.0 Å². The first-order valence-electron chi connectivity index (χ1n) is 5.93. The van der Waals surface area contributed by atoms with Gasteiger partial charge in [-0.15, -0.1) is 11.8 Å². The summed E-state index contributed by atoms with van der Waals surface area (Å²) in [4.78, 5) is 1.48. The monoisotopic (exact) mass is 250 g/mol. The zero-order valence-electron chi connectivity index (χ0n) is 9.52. The van der Waals surface area contributed by atoms with Gasteiger partial charge in [0.1, 0.15) is 0 Å². The lowest BCUT2D eigenvalue weighted by Gasteiger charge is -2.10. The predicted octanol–water partition coefficient (Wildman–Crippen LogP) is 4.68. The zero-order chi connectivity index (χ0) is 11.1. The topological polar surface area (TPSA) is 0 Å². The van der Waals surface area contributed by atoms with E-state index in [-0.39, 0.29) is 0 Å². The molecule has 1 aromatic rings. The second-order valence-corrected chi connectivity index (χ2v) is 6.25. The molecule has 0 bridgehead atoms. The first-order valence-corrected chi connectivity index (χ1v) is 8.07. The van der Waals surface area contributed by atoms with Crippen LogP contribution in [-0.2, 0) is 0 Å². The fourth-order valence-corrected chi connectivity index (χ4v) is 3.93. The highest BCUT2D eigenvalue weighted by molar-refractivity contribution is 8.09. The quantitative estimate of drug-likeness (QED) is 0.710. The Morgan fingerprint density at radius 2 is 1.75 bits per heavy atom. The van der Waals surface area contributed by atoms with Crippen molar-refractivity contribution in [1.82, 2.24) is 0 Å². The lowest BCUT2D eigenvalue weighted by Crippen LogP contribution is -1.91. The molecule has 0 radical (unpaired) electrons. The molecule has 0 saturated carbocycles. The SMILES string of the molecule is C1=C(\c2ccccc2)SCCSCCCC/1. The minimum Gasteiger partial charge on any atom is -0.161 e. The van der Waals surface area contributed by atoms with Gasteiger partial charge in [0.25, 0.3) is 0 Å². The van der Waals surface area contributed by atoms with E-state index in [0.29, 0.717) is 0 Å². The van der Waals surface area contributed by atoms with E-state index in [1.165, 1.54) is 47.0 Å². The van der Waals surface area contributed by atoms with Crippen LogP contribution in [0.25, 0.3) is 4.91 Å². The van der Waals surface area contributed by atoms with Crippen LogP contribution in [0.15, 0.2) is 36.4 Å². The van der Waals surface area contributed by atoms with Crippen molar-refractivity contribution in [2.75, 3.05) is 17.3 Å². The molecule has 0 nitrogen and oxygen atoms in total. The summed E-state index contributed by atoms with van der Waals surface area (Å²) in [5, 5.41) is 0. The van der Waals surface area contributed by atoms with E-state index in [1.54, 1.807) is 0 Å². The van der Waals surface area contributed by atoms with Gasteiger partial charge in [-0.2, -0.15) is 11.8 Å². The smallest absolute Gasteiger partial charge is 0.0105 e. The fraction of sp³-hybridized carbons (Fsp3) is 0.429. The summed E-state index contributed by atoms with van der Waals surface area (Å²) in [5.41, 5.74) is 1.39. The maximum atomic E-state index is 2.43. The van der Waals surface area contributed by atoms with Gasteiger partial charge in [0, 0.05) is 16.4 Å². The molecule has 0 unspecified atom stereocenters. The van der Waals surface area contributed by atoms with Gasteiger partial charge in [0.15, 0.2) is 0 Å². The average molecular weight is 250 g/mol. The summed E-state index contributed by atoms with van der Waals surface area (Å²) in [6.07, 6.45) is 6.37. The van der Waals surface area contributed by atoms with Crippen LogP contribution in [0.2, 0.25) is 0 Å². The molecule has 16 heavy (non-hydrogen) atoms. The lowest BCUT2D eigenvalue weighted by atomic mass is 10.1. The first kappa shape index (κ1) is 12.1. The number of rotatable bonds is 1. The molecule has 0 saturated heterocycles. The summed E-state index contributed by atoms with van der Waals surface area (Å²) in [6, 6.07) is 10.8. The first-order chi connectivity index (χ1) is 7.97. The molecule has 0 atom stereocenters. The van der Waals surface area contributed by atoms with Crippen LogP contribution in [0.1, 0.15) is 24.8 Å². The van der Waals surface area contributed by atoms with E-state index < -0.39 is 0 Å². The Labute approximate surface area is 107 Å². The summed E-state index contributed by atoms with van der Waals surface area (Å²) in [5.74, 6) is 3.87. The van der Waals surface area contributed by atoms with E-state index in [0.717, 1.165) is 0 Å². The van der Waals surface area contributed by atoms with E-state index in [2.05, 4.69) is 48.2 Å². The summed E-state index contributed by atoms with van der Waals surface area (Å²) in [6.45, 7) is 0. The average Bonchev–Trinajstić information content (AvgIpc) is 2.37. The van der Waals surface area contributed by atoms with Crippen molar-refractivity contribution >= 4 is 28.4 Å². The van der Waals surface area contributed by atoms with Crippen molar-refractivity contribution in [3.63, 3.8) is 0 Å². The standard InChI is InChI=1S/C14H18S2/c1-3-7-13(8-4-1)14-9-5-2-6-10-15-11-12-16-14/h1,3-4,7-9H,2,5-6,10-12H2/b14-9+. The number of benzene rings is 1. The second kappa shape index (κ2) is 7.08. The minimum atomic E-state index is 1.23. The largest absolute Gasteiger partial charge is 0.161 e. The molecule has 0 aromatic heterocycles. The van der Waals surface area contributed by atoms with Crippen molar-refractivity contribution < 1.29 is 0 Å². The van der Waals surface area contributed by atoms with Crippen molar-refractivity contribution in [1.29, 1.82) is 0 Å². The normalized spacial score (nSPS) is 22.1. The number of hydrogen-bond acceptors (Lipinski definition) is 2. The van der Waals surface area contributed by atoms with Gasteiger partial charge < -0.3 is 0 Å². The fourth-order valence-electron chi connectivity index (χ4n) is 1.76. The van der Waals surface area contributed by atoms with E-state index >= 15 is 0 Å². The molecular weight excluding hydrogens is 232 g/mol. The Morgan fingerprint density at radius 3 is 2.62 bits per heavy atom. The lowest BCUT2D eigenvalue weighted by molar-refractivity contribution is 0.824. The van der Waals surface area contributed by atoms with Gasteiger partial charge in [-0.25, -0.2) is 0 Å². The highest BCUT2D eigenvalue weighted by Gasteiger charge is 2.03. The summed E-state index contributed by atoms with van der Waals surface area (Å²) >= 11 is 4.11.